The number of carbonyl (C=O) groups is 2. The number of nitrogens with one attached hydrogen (secondary N) is 2. The zero-order valence-electron chi connectivity index (χ0n) is 13.2. The molecule has 0 fully saturated rings. The van der Waals surface area contributed by atoms with Crippen LogP contribution in [0.3, 0.4) is 0 Å². The molecule has 0 radical (unpaired) electrons. The molecule has 2 amide bonds. The number of unbranched alkanes of at least 4 members (excludes halogenated alkanes) is 1. The third-order valence-electron chi connectivity index (χ3n) is 3.08. The molecule has 0 saturated carbocycles. The van der Waals surface area contributed by atoms with Crippen molar-refractivity contribution in [2.75, 3.05) is 12.3 Å². The van der Waals surface area contributed by atoms with E-state index >= 15 is 0 Å². The number of carbonyl (C=O) groups excluding carboxylic acids is 2. The summed E-state index contributed by atoms with van der Waals surface area (Å²) >= 11 is 7.60. The summed E-state index contributed by atoms with van der Waals surface area (Å²) in [5.41, 5.74) is 1.02. The topological polar surface area (TPSA) is 58.2 Å². The van der Waals surface area contributed by atoms with E-state index in [2.05, 4.69) is 17.6 Å². The Balaban J connectivity index is 2.61. The van der Waals surface area contributed by atoms with Crippen LogP contribution < -0.4 is 10.6 Å². The van der Waals surface area contributed by atoms with Gasteiger partial charge in [-0.1, -0.05) is 31.0 Å². The van der Waals surface area contributed by atoms with Crippen molar-refractivity contribution in [2.45, 2.75) is 44.6 Å². The number of halogens is 1. The van der Waals surface area contributed by atoms with Gasteiger partial charge in [0.2, 0.25) is 11.8 Å². The van der Waals surface area contributed by atoms with E-state index in [9.17, 15) is 9.59 Å². The Morgan fingerprint density at radius 2 is 2.09 bits per heavy atom. The zero-order valence-corrected chi connectivity index (χ0v) is 14.8. The Hall–Kier alpha value is -1.20. The molecule has 0 aliphatic carbocycles. The van der Waals surface area contributed by atoms with Gasteiger partial charge in [-0.3, -0.25) is 9.59 Å². The van der Waals surface area contributed by atoms with Gasteiger partial charge in [-0.15, -0.1) is 11.8 Å². The first kappa shape index (κ1) is 18.8. The summed E-state index contributed by atoms with van der Waals surface area (Å²) in [6.07, 6.45) is 1.95. The van der Waals surface area contributed by atoms with Crippen LogP contribution in [-0.4, -0.2) is 30.2 Å². The highest BCUT2D eigenvalue weighted by Crippen LogP contribution is 2.25. The standard InChI is InChI=1S/C16H23ClN2O2S/c1-4-5-8-18-16(21)15(19-12(3)20)10-22-13-7-6-11(2)14(17)9-13/h6-7,9,15H,4-5,8,10H2,1-3H3,(H,18,21)(H,19,20). The lowest BCUT2D eigenvalue weighted by Gasteiger charge is -2.17. The summed E-state index contributed by atoms with van der Waals surface area (Å²) in [5.74, 6) is 0.115. The Morgan fingerprint density at radius 3 is 2.68 bits per heavy atom. The van der Waals surface area contributed by atoms with Gasteiger partial charge in [0.05, 0.1) is 0 Å². The van der Waals surface area contributed by atoms with Crippen LogP contribution in [0.5, 0.6) is 0 Å². The maximum absolute atomic E-state index is 12.1. The second-order valence-corrected chi connectivity index (χ2v) is 6.62. The molecule has 0 saturated heterocycles. The van der Waals surface area contributed by atoms with Crippen LogP contribution in [0.1, 0.15) is 32.3 Å². The van der Waals surface area contributed by atoms with Crippen LogP contribution in [-0.2, 0) is 9.59 Å². The second kappa shape index (κ2) is 9.74. The summed E-state index contributed by atoms with van der Waals surface area (Å²) in [4.78, 5) is 24.4. The maximum Gasteiger partial charge on any atom is 0.243 e. The monoisotopic (exact) mass is 342 g/mol. The van der Waals surface area contributed by atoms with Gasteiger partial charge < -0.3 is 10.6 Å². The van der Waals surface area contributed by atoms with E-state index in [1.54, 1.807) is 0 Å². The summed E-state index contributed by atoms with van der Waals surface area (Å²) in [6, 6.07) is 5.24. The van der Waals surface area contributed by atoms with Crippen LogP contribution in [0, 0.1) is 6.92 Å². The van der Waals surface area contributed by atoms with E-state index in [4.69, 9.17) is 11.6 Å². The SMILES string of the molecule is CCCCNC(=O)C(CSc1ccc(C)c(Cl)c1)NC(C)=O. The predicted octanol–water partition coefficient (Wildman–Crippen LogP) is 3.16. The van der Waals surface area contributed by atoms with Gasteiger partial charge in [0.1, 0.15) is 6.04 Å². The molecular formula is C16H23ClN2O2S. The fourth-order valence-corrected chi connectivity index (χ4v) is 2.99. The first-order valence-corrected chi connectivity index (χ1v) is 8.74. The number of aryl methyl sites for hydroxylation is 1. The van der Waals surface area contributed by atoms with Crippen LogP contribution in [0.15, 0.2) is 23.1 Å². The molecule has 1 rings (SSSR count). The van der Waals surface area contributed by atoms with Gasteiger partial charge in [-0.2, -0.15) is 0 Å². The van der Waals surface area contributed by atoms with Crippen molar-refractivity contribution in [2.24, 2.45) is 0 Å². The second-order valence-electron chi connectivity index (χ2n) is 5.12. The number of amides is 2. The lowest BCUT2D eigenvalue weighted by atomic mass is 10.2. The molecule has 0 bridgehead atoms. The highest BCUT2D eigenvalue weighted by molar-refractivity contribution is 7.99. The van der Waals surface area contributed by atoms with E-state index < -0.39 is 6.04 Å². The fourth-order valence-electron chi connectivity index (χ4n) is 1.78. The van der Waals surface area contributed by atoms with Gasteiger partial charge in [0.25, 0.3) is 0 Å². The minimum atomic E-state index is -0.542. The van der Waals surface area contributed by atoms with Crippen molar-refractivity contribution in [3.8, 4) is 0 Å². The molecular weight excluding hydrogens is 320 g/mol. The Kier molecular flexibility index (Phi) is 8.35. The molecule has 2 N–H and O–H groups in total. The quantitative estimate of drug-likeness (QED) is 0.563. The molecule has 1 atom stereocenters. The van der Waals surface area contributed by atoms with E-state index in [-0.39, 0.29) is 11.8 Å². The molecule has 0 aromatic heterocycles. The first-order valence-electron chi connectivity index (χ1n) is 7.37. The third-order valence-corrected chi connectivity index (χ3v) is 4.58. The van der Waals surface area contributed by atoms with Crippen molar-refractivity contribution < 1.29 is 9.59 Å². The number of hydrogen-bond acceptors (Lipinski definition) is 3. The van der Waals surface area contributed by atoms with Gasteiger partial charge >= 0.3 is 0 Å². The van der Waals surface area contributed by atoms with Crippen molar-refractivity contribution in [3.63, 3.8) is 0 Å². The van der Waals surface area contributed by atoms with Gasteiger partial charge in [0.15, 0.2) is 0 Å². The zero-order chi connectivity index (χ0) is 16.5. The van der Waals surface area contributed by atoms with Crippen LogP contribution in [0.4, 0.5) is 0 Å². The Bertz CT molecular complexity index is 523. The molecule has 0 aliphatic heterocycles. The minimum Gasteiger partial charge on any atom is -0.354 e. The average molecular weight is 343 g/mol. The lowest BCUT2D eigenvalue weighted by molar-refractivity contribution is -0.127. The molecule has 6 heteroatoms. The summed E-state index contributed by atoms with van der Waals surface area (Å²) in [5, 5.41) is 6.25. The van der Waals surface area contributed by atoms with Gasteiger partial charge in [-0.25, -0.2) is 0 Å². The van der Waals surface area contributed by atoms with Crippen molar-refractivity contribution in [1.29, 1.82) is 0 Å². The number of benzene rings is 1. The predicted molar refractivity (Wildman–Crippen MR) is 92.4 cm³/mol. The molecule has 122 valence electrons. The minimum absolute atomic E-state index is 0.144. The maximum atomic E-state index is 12.1. The van der Waals surface area contributed by atoms with Gasteiger partial charge in [0, 0.05) is 29.1 Å². The molecule has 22 heavy (non-hydrogen) atoms. The Morgan fingerprint density at radius 1 is 1.36 bits per heavy atom. The highest BCUT2D eigenvalue weighted by Gasteiger charge is 2.19. The Labute approximate surface area is 141 Å². The molecule has 1 unspecified atom stereocenters. The smallest absolute Gasteiger partial charge is 0.243 e. The highest BCUT2D eigenvalue weighted by atomic mass is 35.5. The molecule has 0 aliphatic rings. The molecule has 1 aromatic carbocycles. The first-order chi connectivity index (χ1) is 10.4. The van der Waals surface area contributed by atoms with Crippen LogP contribution in [0.2, 0.25) is 5.02 Å². The molecule has 0 spiro atoms. The third kappa shape index (κ3) is 6.71. The summed E-state index contributed by atoms with van der Waals surface area (Å²) in [7, 11) is 0. The van der Waals surface area contributed by atoms with Gasteiger partial charge in [-0.05, 0) is 31.0 Å². The fraction of sp³-hybridized carbons (Fsp3) is 0.500. The van der Waals surface area contributed by atoms with E-state index in [1.165, 1.54) is 18.7 Å². The lowest BCUT2D eigenvalue weighted by Crippen LogP contribution is -2.47. The molecule has 4 nitrogen and oxygen atoms in total. The van der Waals surface area contributed by atoms with Crippen molar-refractivity contribution >= 4 is 35.2 Å². The number of rotatable bonds is 8. The average Bonchev–Trinajstić information content (AvgIpc) is 2.46. The van der Waals surface area contributed by atoms with Crippen LogP contribution >= 0.6 is 23.4 Å². The summed E-state index contributed by atoms with van der Waals surface area (Å²) < 4.78 is 0. The normalized spacial score (nSPS) is 11.8. The number of hydrogen-bond donors (Lipinski definition) is 2. The molecule has 1 aromatic rings. The van der Waals surface area contributed by atoms with E-state index in [0.717, 1.165) is 23.3 Å². The number of thioether (sulfide) groups is 1. The van der Waals surface area contributed by atoms with Crippen molar-refractivity contribution in [1.82, 2.24) is 10.6 Å². The van der Waals surface area contributed by atoms with E-state index in [1.807, 2.05) is 25.1 Å². The summed E-state index contributed by atoms with van der Waals surface area (Å²) in [6.45, 7) is 6.05. The van der Waals surface area contributed by atoms with E-state index in [0.29, 0.717) is 17.3 Å². The van der Waals surface area contributed by atoms with Crippen molar-refractivity contribution in [3.05, 3.63) is 28.8 Å². The van der Waals surface area contributed by atoms with Crippen LogP contribution in [0.25, 0.3) is 0 Å². The largest absolute Gasteiger partial charge is 0.354 e. The molecule has 0 heterocycles.